The molecular weight excluding hydrogens is 605 g/mol. The number of thioether (sulfide) groups is 6. The lowest BCUT2D eigenvalue weighted by molar-refractivity contribution is 0.586. The van der Waals surface area contributed by atoms with Crippen LogP contribution in [0.2, 0.25) is 0 Å². The number of hydrogen-bond acceptors (Lipinski definition) is 8. The second kappa shape index (κ2) is 20.6. The van der Waals surface area contributed by atoms with Gasteiger partial charge in [0.1, 0.15) is 12.1 Å². The molecule has 0 aliphatic carbocycles. The minimum atomic E-state index is 0.480. The fraction of sp³-hybridized carbons (Fsp3) is 0.625. The van der Waals surface area contributed by atoms with Gasteiger partial charge in [0.25, 0.3) is 0 Å². The molecule has 0 bridgehead atoms. The Labute approximate surface area is 269 Å². The van der Waals surface area contributed by atoms with Gasteiger partial charge in [0.05, 0.1) is 28.1 Å². The highest BCUT2D eigenvalue weighted by Crippen LogP contribution is 2.64. The van der Waals surface area contributed by atoms with Crippen molar-refractivity contribution < 1.29 is 0 Å². The molecule has 0 radical (unpaired) electrons. The van der Waals surface area contributed by atoms with Crippen molar-refractivity contribution in [1.82, 2.24) is 0 Å². The number of rotatable bonds is 20. The maximum absolute atomic E-state index is 9.45. The van der Waals surface area contributed by atoms with E-state index in [0.29, 0.717) is 11.1 Å². The lowest BCUT2D eigenvalue weighted by Crippen LogP contribution is -1.85. The van der Waals surface area contributed by atoms with Gasteiger partial charge in [-0.05, 0) is 36.5 Å². The number of hydrogen-bond donors (Lipinski definition) is 0. The number of unbranched alkanes of at least 4 members (excludes halogenated alkanes) is 14. The average Bonchev–Trinajstić information content (AvgIpc) is 3.58. The summed E-state index contributed by atoms with van der Waals surface area (Å²) in [5, 5.41) is 18.9. The van der Waals surface area contributed by atoms with Crippen molar-refractivity contribution in [3.05, 3.63) is 40.2 Å². The van der Waals surface area contributed by atoms with E-state index in [-0.39, 0.29) is 0 Å². The Bertz CT molecular complexity index is 1000. The van der Waals surface area contributed by atoms with Crippen LogP contribution in [0.15, 0.2) is 38.9 Å². The molecule has 3 rings (SSSR count). The van der Waals surface area contributed by atoms with Crippen LogP contribution in [0.4, 0.5) is 0 Å². The highest BCUT2D eigenvalue weighted by Gasteiger charge is 2.29. The number of fused-ring (bicyclic) bond motifs is 1. The molecule has 1 aromatic rings. The molecule has 1 aromatic carbocycles. The molecule has 0 saturated heterocycles. The van der Waals surface area contributed by atoms with Gasteiger partial charge >= 0.3 is 0 Å². The van der Waals surface area contributed by atoms with Crippen LogP contribution in [0.1, 0.15) is 128 Å². The Morgan fingerprint density at radius 2 is 0.875 bits per heavy atom. The Hall–Kier alpha value is -0.220. The van der Waals surface area contributed by atoms with Crippen LogP contribution in [-0.4, -0.2) is 11.5 Å². The van der Waals surface area contributed by atoms with Crippen molar-refractivity contribution in [2.75, 3.05) is 11.5 Å². The highest BCUT2D eigenvalue weighted by molar-refractivity contribution is 8.42. The molecule has 0 saturated carbocycles. The van der Waals surface area contributed by atoms with E-state index >= 15 is 0 Å². The van der Waals surface area contributed by atoms with Crippen LogP contribution in [-0.2, 0) is 0 Å². The third-order valence-corrected chi connectivity index (χ3v) is 15.6. The summed E-state index contributed by atoms with van der Waals surface area (Å²) in [4.78, 5) is 2.22. The molecule has 0 atom stereocenters. The van der Waals surface area contributed by atoms with Crippen molar-refractivity contribution in [2.45, 2.75) is 126 Å². The molecule has 0 N–H and O–H groups in total. The van der Waals surface area contributed by atoms with Gasteiger partial charge in [0.2, 0.25) is 0 Å². The Morgan fingerprint density at radius 3 is 1.25 bits per heavy atom. The lowest BCUT2D eigenvalue weighted by atomic mass is 10.1. The predicted molar refractivity (Wildman–Crippen MR) is 187 cm³/mol. The summed E-state index contributed by atoms with van der Waals surface area (Å²) < 4.78 is 5.66. The van der Waals surface area contributed by atoms with Gasteiger partial charge in [-0.1, -0.05) is 151 Å². The maximum atomic E-state index is 9.45. The molecule has 0 aromatic heterocycles. The first-order valence-corrected chi connectivity index (χ1v) is 20.4. The molecule has 2 aliphatic heterocycles. The Kier molecular flexibility index (Phi) is 17.7. The highest BCUT2D eigenvalue weighted by atomic mass is 32.3. The fourth-order valence-corrected chi connectivity index (χ4v) is 13.4. The third kappa shape index (κ3) is 11.8. The molecule has 2 nitrogen and oxygen atoms in total. The van der Waals surface area contributed by atoms with Gasteiger partial charge in [0.15, 0.2) is 0 Å². The number of nitrogens with zero attached hydrogens (tertiary/aromatic N) is 2. The molecule has 0 spiro atoms. The van der Waals surface area contributed by atoms with Crippen LogP contribution < -0.4 is 0 Å². The molecule has 218 valence electrons. The molecule has 40 heavy (non-hydrogen) atoms. The minimum Gasteiger partial charge on any atom is -0.192 e. The monoisotopic (exact) mass is 648 g/mol. The lowest BCUT2D eigenvalue weighted by Gasteiger charge is -2.06. The first-order chi connectivity index (χ1) is 19.7. The quantitative estimate of drug-likeness (QED) is 0.129. The van der Waals surface area contributed by atoms with Crippen molar-refractivity contribution in [3.8, 4) is 12.1 Å². The number of benzene rings is 1. The summed E-state index contributed by atoms with van der Waals surface area (Å²) in [5.41, 5.74) is 0.960. The topological polar surface area (TPSA) is 47.6 Å². The van der Waals surface area contributed by atoms with Gasteiger partial charge in [-0.2, -0.15) is 10.5 Å². The van der Waals surface area contributed by atoms with Crippen molar-refractivity contribution >= 4 is 70.6 Å². The van der Waals surface area contributed by atoms with E-state index in [1.807, 2.05) is 35.7 Å². The van der Waals surface area contributed by atoms with E-state index in [1.165, 1.54) is 131 Å². The van der Waals surface area contributed by atoms with Gasteiger partial charge < -0.3 is 0 Å². The van der Waals surface area contributed by atoms with Gasteiger partial charge in [0, 0.05) is 9.79 Å². The summed E-state index contributed by atoms with van der Waals surface area (Å²) in [5.74, 6) is 2.42. The zero-order chi connectivity index (χ0) is 28.4. The van der Waals surface area contributed by atoms with Crippen LogP contribution in [0, 0.1) is 22.7 Å². The zero-order valence-corrected chi connectivity index (χ0v) is 29.1. The first kappa shape index (κ1) is 34.3. The predicted octanol–water partition coefficient (Wildman–Crippen LogP) is 13.1. The SMILES string of the molecule is CCCCCCCCCCSC1=C(SCCCCCCCCCC)SC(=C2Sc3cc(C#N)c(C#N)cc3S2)S1. The molecule has 2 aliphatic rings. The third-order valence-electron chi connectivity index (χ3n) is 6.90. The minimum absolute atomic E-state index is 0.480. The second-order valence-corrected chi connectivity index (χ2v) is 17.7. The summed E-state index contributed by atoms with van der Waals surface area (Å²) in [7, 11) is 0. The van der Waals surface area contributed by atoms with Gasteiger partial charge in [-0.15, -0.1) is 23.5 Å². The van der Waals surface area contributed by atoms with E-state index in [1.54, 1.807) is 23.5 Å². The summed E-state index contributed by atoms with van der Waals surface area (Å²) in [6.45, 7) is 4.57. The van der Waals surface area contributed by atoms with E-state index in [2.05, 4.69) is 49.5 Å². The van der Waals surface area contributed by atoms with Crippen molar-refractivity contribution in [2.24, 2.45) is 0 Å². The normalized spacial score (nSPS) is 14.6. The molecule has 2 heterocycles. The standard InChI is InChI=1S/C32H44N2S6/c1-3-5-7-9-11-13-15-17-19-35-29-30(36-20-18-16-14-12-10-8-6-4-2)40-32(39-29)31-37-27-21-25(23-33)26(24-34)22-28(27)38-31/h21-22H,3-20H2,1-2H3. The first-order valence-electron chi connectivity index (χ1n) is 15.1. The Balaban J connectivity index is 1.52. The fourth-order valence-electron chi connectivity index (χ4n) is 4.54. The van der Waals surface area contributed by atoms with Crippen molar-refractivity contribution in [1.29, 1.82) is 10.5 Å². The molecule has 0 unspecified atom stereocenters. The summed E-state index contributed by atoms with van der Waals surface area (Å²) >= 11 is 11.6. The van der Waals surface area contributed by atoms with E-state index < -0.39 is 0 Å². The smallest absolute Gasteiger partial charge is 0.101 e. The summed E-state index contributed by atoms with van der Waals surface area (Å²) in [6, 6.07) is 8.17. The summed E-state index contributed by atoms with van der Waals surface area (Å²) in [6.07, 6.45) is 21.9. The van der Waals surface area contributed by atoms with E-state index in [0.717, 1.165) is 9.79 Å². The van der Waals surface area contributed by atoms with Crippen LogP contribution in [0.3, 0.4) is 0 Å². The van der Waals surface area contributed by atoms with E-state index in [9.17, 15) is 10.5 Å². The van der Waals surface area contributed by atoms with Crippen LogP contribution in [0.5, 0.6) is 0 Å². The van der Waals surface area contributed by atoms with E-state index in [4.69, 9.17) is 0 Å². The molecule has 8 heteroatoms. The van der Waals surface area contributed by atoms with Gasteiger partial charge in [-0.25, -0.2) is 0 Å². The molecule has 0 amide bonds. The number of nitriles is 2. The molecular formula is C32H44N2S6. The Morgan fingerprint density at radius 1 is 0.525 bits per heavy atom. The average molecular weight is 649 g/mol. The van der Waals surface area contributed by atoms with Gasteiger partial charge in [-0.3, -0.25) is 0 Å². The van der Waals surface area contributed by atoms with Crippen molar-refractivity contribution in [3.63, 3.8) is 0 Å². The zero-order valence-electron chi connectivity index (χ0n) is 24.2. The maximum Gasteiger partial charge on any atom is 0.101 e. The largest absolute Gasteiger partial charge is 0.192 e. The van der Waals surface area contributed by atoms with Crippen LogP contribution >= 0.6 is 70.6 Å². The molecule has 0 fully saturated rings. The second-order valence-electron chi connectivity index (χ2n) is 10.3. The van der Waals surface area contributed by atoms with Crippen LogP contribution in [0.25, 0.3) is 0 Å².